The normalized spacial score (nSPS) is 10.3. The molecule has 0 aliphatic rings. The average molecular weight is 290 g/mol. The number of carboxylic acid groups (broad SMARTS) is 1. The number of hydrogen-bond acceptors (Lipinski definition) is 5. The van der Waals surface area contributed by atoms with Crippen molar-refractivity contribution in [3.8, 4) is 5.69 Å². The summed E-state index contributed by atoms with van der Waals surface area (Å²) in [6.07, 6.45) is 1.14. The minimum Gasteiger partial charge on any atom is -0.478 e. The van der Waals surface area contributed by atoms with E-state index < -0.39 is 16.8 Å². The summed E-state index contributed by atoms with van der Waals surface area (Å²) >= 11 is 0. The number of nitro groups is 1. The van der Waals surface area contributed by atoms with Gasteiger partial charge in [0.1, 0.15) is 11.3 Å². The molecule has 0 saturated heterocycles. The van der Waals surface area contributed by atoms with Crippen LogP contribution in [0.1, 0.15) is 26.4 Å². The van der Waals surface area contributed by atoms with Gasteiger partial charge in [0.25, 0.3) is 5.69 Å². The lowest BCUT2D eigenvalue weighted by Gasteiger charge is -2.04. The van der Waals surface area contributed by atoms with Gasteiger partial charge >= 0.3 is 5.97 Å². The number of carboxylic acids is 1. The van der Waals surface area contributed by atoms with Gasteiger partial charge in [-0.25, -0.2) is 9.48 Å². The lowest BCUT2D eigenvalue weighted by atomic mass is 10.1. The monoisotopic (exact) mass is 290 g/mol. The summed E-state index contributed by atoms with van der Waals surface area (Å²) in [4.78, 5) is 32.6. The van der Waals surface area contributed by atoms with Gasteiger partial charge in [0.15, 0.2) is 0 Å². The molecular formula is C12H10N4O5. The molecule has 3 N–H and O–H groups in total. The van der Waals surface area contributed by atoms with Crippen LogP contribution >= 0.6 is 0 Å². The quantitative estimate of drug-likeness (QED) is 0.632. The molecule has 0 spiro atoms. The van der Waals surface area contributed by atoms with Crippen molar-refractivity contribution in [3.63, 3.8) is 0 Å². The molecule has 0 bridgehead atoms. The first kappa shape index (κ1) is 14.2. The van der Waals surface area contributed by atoms with E-state index in [2.05, 4.69) is 5.10 Å². The van der Waals surface area contributed by atoms with Crippen molar-refractivity contribution in [1.29, 1.82) is 0 Å². The summed E-state index contributed by atoms with van der Waals surface area (Å²) in [5, 5.41) is 23.9. The van der Waals surface area contributed by atoms with Gasteiger partial charge in [0, 0.05) is 17.8 Å². The maximum absolute atomic E-state index is 11.2. The molecule has 21 heavy (non-hydrogen) atoms. The molecule has 9 nitrogen and oxygen atoms in total. The van der Waals surface area contributed by atoms with E-state index in [1.54, 1.807) is 0 Å². The number of nitro benzene ring substituents is 1. The third-order valence-electron chi connectivity index (χ3n) is 2.83. The van der Waals surface area contributed by atoms with Crippen molar-refractivity contribution in [2.45, 2.75) is 6.92 Å². The number of nitrogens with two attached hydrogens (primary N) is 1. The van der Waals surface area contributed by atoms with Crippen LogP contribution in [0.2, 0.25) is 0 Å². The molecule has 0 atom stereocenters. The van der Waals surface area contributed by atoms with Crippen LogP contribution in [0.4, 0.5) is 5.69 Å². The molecule has 0 saturated carbocycles. The molecule has 1 aromatic carbocycles. The number of aromatic nitrogens is 2. The molecule has 1 amide bonds. The Morgan fingerprint density at radius 3 is 2.57 bits per heavy atom. The maximum atomic E-state index is 11.2. The fraction of sp³-hybridized carbons (Fsp3) is 0.0833. The molecule has 0 radical (unpaired) electrons. The zero-order valence-corrected chi connectivity index (χ0v) is 10.8. The lowest BCUT2D eigenvalue weighted by Crippen LogP contribution is -2.12. The highest BCUT2D eigenvalue weighted by atomic mass is 16.6. The Labute approximate surface area is 117 Å². The highest BCUT2D eigenvalue weighted by Crippen LogP contribution is 2.24. The predicted molar refractivity (Wildman–Crippen MR) is 70.4 cm³/mol. The number of hydrogen-bond donors (Lipinski definition) is 2. The number of carbonyl (C=O) groups excluding carboxylic acids is 1. The second-order valence-corrected chi connectivity index (χ2v) is 4.20. The molecule has 2 rings (SSSR count). The topological polar surface area (TPSA) is 141 Å². The number of rotatable bonds is 4. The van der Waals surface area contributed by atoms with E-state index in [-0.39, 0.29) is 28.2 Å². The smallest absolute Gasteiger partial charge is 0.339 e. The van der Waals surface area contributed by atoms with Gasteiger partial charge in [-0.15, -0.1) is 0 Å². The second kappa shape index (κ2) is 5.04. The van der Waals surface area contributed by atoms with Crippen LogP contribution in [-0.4, -0.2) is 31.7 Å². The molecular weight excluding hydrogens is 280 g/mol. The van der Waals surface area contributed by atoms with E-state index in [0.29, 0.717) is 0 Å². The van der Waals surface area contributed by atoms with Crippen molar-refractivity contribution in [2.24, 2.45) is 5.73 Å². The summed E-state index contributed by atoms with van der Waals surface area (Å²) < 4.78 is 1.04. The van der Waals surface area contributed by atoms with Gasteiger partial charge in [-0.1, -0.05) is 0 Å². The third kappa shape index (κ3) is 2.56. The Morgan fingerprint density at radius 1 is 1.43 bits per heavy atom. The molecule has 0 fully saturated rings. The second-order valence-electron chi connectivity index (χ2n) is 4.20. The summed E-state index contributed by atoms with van der Waals surface area (Å²) in [5.41, 5.74) is 4.95. The molecule has 9 heteroatoms. The molecule has 1 aromatic heterocycles. The first-order valence-corrected chi connectivity index (χ1v) is 5.69. The summed E-state index contributed by atoms with van der Waals surface area (Å²) in [5.74, 6) is -1.96. The van der Waals surface area contributed by atoms with Crippen LogP contribution in [0.5, 0.6) is 0 Å². The fourth-order valence-corrected chi connectivity index (χ4v) is 1.81. The summed E-state index contributed by atoms with van der Waals surface area (Å²) in [6, 6.07) is 3.53. The third-order valence-corrected chi connectivity index (χ3v) is 2.83. The number of primary amides is 1. The maximum Gasteiger partial charge on any atom is 0.339 e. The Kier molecular flexibility index (Phi) is 3.40. The van der Waals surface area contributed by atoms with Gasteiger partial charge in [0.05, 0.1) is 10.6 Å². The number of amides is 1. The van der Waals surface area contributed by atoms with Crippen molar-refractivity contribution in [2.75, 3.05) is 0 Å². The summed E-state index contributed by atoms with van der Waals surface area (Å²) in [7, 11) is 0. The summed E-state index contributed by atoms with van der Waals surface area (Å²) in [6.45, 7) is 1.46. The highest BCUT2D eigenvalue weighted by Gasteiger charge is 2.21. The van der Waals surface area contributed by atoms with Gasteiger partial charge in [-0.3, -0.25) is 14.9 Å². The van der Waals surface area contributed by atoms with E-state index in [0.717, 1.165) is 16.9 Å². The van der Waals surface area contributed by atoms with Crippen LogP contribution in [0.3, 0.4) is 0 Å². The molecule has 2 aromatic rings. The van der Waals surface area contributed by atoms with Crippen LogP contribution in [-0.2, 0) is 0 Å². The highest BCUT2D eigenvalue weighted by molar-refractivity contribution is 5.94. The first-order chi connectivity index (χ1) is 9.81. The van der Waals surface area contributed by atoms with Crippen LogP contribution in [0.15, 0.2) is 24.4 Å². The number of aryl methyl sites for hydroxylation is 1. The van der Waals surface area contributed by atoms with E-state index in [4.69, 9.17) is 10.8 Å². The Hall–Kier alpha value is -3.23. The molecule has 108 valence electrons. The van der Waals surface area contributed by atoms with Crippen LogP contribution in [0.25, 0.3) is 5.69 Å². The van der Waals surface area contributed by atoms with Crippen molar-refractivity contribution >= 4 is 17.6 Å². The van der Waals surface area contributed by atoms with Gasteiger partial charge < -0.3 is 10.8 Å². The number of nitrogens with zero attached hydrogens (tertiary/aromatic N) is 3. The Balaban J connectivity index is 2.68. The largest absolute Gasteiger partial charge is 0.478 e. The first-order valence-electron chi connectivity index (χ1n) is 5.69. The van der Waals surface area contributed by atoms with E-state index in [1.165, 1.54) is 19.1 Å². The van der Waals surface area contributed by atoms with Gasteiger partial charge in [-0.2, -0.15) is 5.10 Å². The standard InChI is InChI=1S/C12H10N4O5/c1-6-8(12(18)19)5-15(14-6)10-4-7(11(13)17)2-3-9(10)16(20)21/h2-5H,1H3,(H2,13,17)(H,18,19). The lowest BCUT2D eigenvalue weighted by molar-refractivity contribution is -0.384. The van der Waals surface area contributed by atoms with E-state index >= 15 is 0 Å². The fourth-order valence-electron chi connectivity index (χ4n) is 1.81. The molecule has 0 unspecified atom stereocenters. The van der Waals surface area contributed by atoms with Crippen molar-refractivity contribution in [1.82, 2.24) is 9.78 Å². The Morgan fingerprint density at radius 2 is 2.10 bits per heavy atom. The molecule has 1 heterocycles. The molecule has 0 aliphatic heterocycles. The SMILES string of the molecule is Cc1nn(-c2cc(C(N)=O)ccc2[N+](=O)[O-])cc1C(=O)O. The number of carbonyl (C=O) groups is 2. The molecule has 0 aliphatic carbocycles. The van der Waals surface area contributed by atoms with Crippen molar-refractivity contribution < 1.29 is 19.6 Å². The Bertz CT molecular complexity index is 765. The van der Waals surface area contributed by atoms with Crippen LogP contribution in [0, 0.1) is 17.0 Å². The minimum atomic E-state index is -1.20. The zero-order chi connectivity index (χ0) is 15.7. The number of aromatic carboxylic acids is 1. The van der Waals surface area contributed by atoms with E-state index in [9.17, 15) is 19.7 Å². The van der Waals surface area contributed by atoms with Gasteiger partial charge in [-0.05, 0) is 19.1 Å². The predicted octanol–water partition coefficient (Wildman–Crippen LogP) is 0.886. The average Bonchev–Trinajstić information content (AvgIpc) is 2.80. The van der Waals surface area contributed by atoms with E-state index in [1.807, 2.05) is 0 Å². The minimum absolute atomic E-state index is 0.0353. The van der Waals surface area contributed by atoms with Gasteiger partial charge in [0.2, 0.25) is 5.91 Å². The van der Waals surface area contributed by atoms with Crippen LogP contribution < -0.4 is 5.73 Å². The van der Waals surface area contributed by atoms with Crippen molar-refractivity contribution in [3.05, 3.63) is 51.3 Å². The zero-order valence-electron chi connectivity index (χ0n) is 10.8. The number of benzene rings is 1.